The molecule has 1 heterocycles. The van der Waals surface area contributed by atoms with Crippen LogP contribution in [0, 0.1) is 10.8 Å². The van der Waals surface area contributed by atoms with Crippen LogP contribution in [0.1, 0.15) is 46.0 Å². The highest BCUT2D eigenvalue weighted by Gasteiger charge is 2.39. The number of primary amides is 1. The number of carbonyl (C=O) groups is 4. The van der Waals surface area contributed by atoms with E-state index in [-0.39, 0.29) is 24.8 Å². The maximum atomic E-state index is 13.3. The van der Waals surface area contributed by atoms with Crippen LogP contribution in [0.4, 0.5) is 4.79 Å². The van der Waals surface area contributed by atoms with Crippen LogP contribution in [0.2, 0.25) is 0 Å². The summed E-state index contributed by atoms with van der Waals surface area (Å²) in [6, 6.07) is -3.47. The van der Waals surface area contributed by atoms with Gasteiger partial charge in [-0.15, -0.1) is 16.5 Å². The van der Waals surface area contributed by atoms with Crippen molar-refractivity contribution < 1.29 is 19.2 Å². The number of hydrogen-bond donors (Lipinski definition) is 4. The molecule has 0 aromatic heterocycles. The molecule has 1 fully saturated rings. The molecule has 0 aromatic rings. The number of nitroso groups, excluding NO2 is 1. The topological polar surface area (TPSA) is 180 Å². The van der Waals surface area contributed by atoms with E-state index in [1.807, 2.05) is 0 Å². The number of alkyl halides is 1. The second-order valence-electron chi connectivity index (χ2n) is 8.00. The molecular weight excluding hydrogens is 442 g/mol. The van der Waals surface area contributed by atoms with E-state index in [1.165, 1.54) is 4.90 Å². The normalized spacial score (nSPS) is 17.5. The molecule has 0 unspecified atom stereocenters. The summed E-state index contributed by atoms with van der Waals surface area (Å²) in [4.78, 5) is 62.4. The van der Waals surface area contributed by atoms with Gasteiger partial charge in [0.15, 0.2) is 0 Å². The smallest absolute Gasteiger partial charge is 0.341 e. The fourth-order valence-corrected chi connectivity index (χ4v) is 3.71. The summed E-state index contributed by atoms with van der Waals surface area (Å²) in [5.41, 5.74) is 10.9. The first kappa shape index (κ1) is 27.6. The number of amides is 5. The summed E-state index contributed by atoms with van der Waals surface area (Å²) >= 11 is 5.58. The molecule has 0 spiro atoms. The van der Waals surface area contributed by atoms with Crippen molar-refractivity contribution in [2.45, 2.75) is 64.1 Å². The highest BCUT2D eigenvalue weighted by molar-refractivity contribution is 6.18. The van der Waals surface area contributed by atoms with E-state index in [4.69, 9.17) is 23.1 Å². The molecule has 0 bridgehead atoms. The van der Waals surface area contributed by atoms with Crippen molar-refractivity contribution in [2.75, 3.05) is 25.5 Å². The van der Waals surface area contributed by atoms with Gasteiger partial charge in [-0.25, -0.2) is 4.79 Å². The van der Waals surface area contributed by atoms with Crippen LogP contribution >= 0.6 is 11.6 Å². The number of nitrogens with two attached hydrogens (primary N) is 2. The number of carbonyl (C=O) groups excluding carboxylic acids is 4. The maximum Gasteiger partial charge on any atom is 0.341 e. The molecule has 182 valence electrons. The molecule has 5 amide bonds. The van der Waals surface area contributed by atoms with E-state index in [1.54, 1.807) is 13.8 Å². The molecule has 1 saturated heterocycles. The number of unbranched alkanes of at least 4 members (excludes halogenated alkanes) is 1. The van der Waals surface area contributed by atoms with Gasteiger partial charge in [-0.2, -0.15) is 5.01 Å². The Morgan fingerprint density at radius 2 is 1.91 bits per heavy atom. The first-order valence-corrected chi connectivity index (χ1v) is 11.3. The fraction of sp³-hybridized carbons (Fsp3) is 0.789. The molecule has 0 radical (unpaired) electrons. The first-order chi connectivity index (χ1) is 15.2. The van der Waals surface area contributed by atoms with Crippen molar-refractivity contribution in [3.8, 4) is 0 Å². The Morgan fingerprint density at radius 3 is 2.44 bits per heavy atom. The highest BCUT2D eigenvalue weighted by atomic mass is 35.5. The lowest BCUT2D eigenvalue weighted by molar-refractivity contribution is -0.141. The minimum absolute atomic E-state index is 0.00377. The predicted octanol–water partition coefficient (Wildman–Crippen LogP) is 0.0329. The van der Waals surface area contributed by atoms with Gasteiger partial charge < -0.3 is 27.0 Å². The van der Waals surface area contributed by atoms with E-state index in [0.717, 1.165) is 0 Å². The van der Waals surface area contributed by atoms with Crippen LogP contribution in [-0.4, -0.2) is 77.3 Å². The SMILES string of the molecule is CC(C)[C@H](NC(=O)[C@@H]1CCCN1C(=O)[C@H](CCCCN)NC(=O)N(CCCl)N=O)C(N)=O. The van der Waals surface area contributed by atoms with E-state index >= 15 is 0 Å². The number of rotatable bonds is 13. The second kappa shape index (κ2) is 13.8. The lowest BCUT2D eigenvalue weighted by Crippen LogP contribution is -2.57. The molecule has 3 atom stereocenters. The third-order valence-electron chi connectivity index (χ3n) is 5.28. The van der Waals surface area contributed by atoms with Gasteiger partial charge in [-0.1, -0.05) is 13.8 Å². The number of nitrogens with one attached hydrogen (secondary N) is 2. The standard InChI is InChI=1S/C19H34ClN7O5/c1-12(2)15(16(22)28)24-17(29)14-7-5-10-26(14)18(30)13(6-3-4-9-21)23-19(31)27(25-32)11-8-20/h12-15H,3-11,21H2,1-2H3,(H2,22,28)(H,23,31)(H,24,29)/t13-,14-,15-/m0/s1. The fourth-order valence-electron chi connectivity index (χ4n) is 3.55. The van der Waals surface area contributed by atoms with Crippen molar-refractivity contribution in [3.63, 3.8) is 0 Å². The summed E-state index contributed by atoms with van der Waals surface area (Å²) in [6.45, 7) is 4.13. The van der Waals surface area contributed by atoms with Gasteiger partial charge in [0.1, 0.15) is 18.1 Å². The van der Waals surface area contributed by atoms with Crippen molar-refractivity contribution in [3.05, 3.63) is 4.91 Å². The van der Waals surface area contributed by atoms with Gasteiger partial charge in [-0.05, 0) is 44.6 Å². The lowest BCUT2D eigenvalue weighted by atomic mass is 10.0. The molecule has 32 heavy (non-hydrogen) atoms. The lowest BCUT2D eigenvalue weighted by Gasteiger charge is -2.30. The Kier molecular flexibility index (Phi) is 11.9. The molecule has 1 aliphatic rings. The van der Waals surface area contributed by atoms with Crippen LogP contribution in [0.15, 0.2) is 5.29 Å². The van der Waals surface area contributed by atoms with Crippen molar-refractivity contribution in [2.24, 2.45) is 22.7 Å². The monoisotopic (exact) mass is 475 g/mol. The third kappa shape index (κ3) is 7.90. The predicted molar refractivity (Wildman–Crippen MR) is 119 cm³/mol. The largest absolute Gasteiger partial charge is 0.368 e. The number of halogens is 1. The summed E-state index contributed by atoms with van der Waals surface area (Å²) in [5, 5.41) is 8.38. The zero-order valence-corrected chi connectivity index (χ0v) is 19.3. The van der Waals surface area contributed by atoms with E-state index < -0.39 is 41.9 Å². The Bertz CT molecular complexity index is 678. The van der Waals surface area contributed by atoms with E-state index in [2.05, 4.69) is 15.9 Å². The van der Waals surface area contributed by atoms with Crippen LogP contribution < -0.4 is 22.1 Å². The molecule has 13 heteroatoms. The second-order valence-corrected chi connectivity index (χ2v) is 8.38. The molecule has 0 aromatic carbocycles. The number of hydrogen-bond acceptors (Lipinski definition) is 7. The maximum absolute atomic E-state index is 13.3. The van der Waals surface area contributed by atoms with Gasteiger partial charge in [0.05, 0.1) is 11.8 Å². The van der Waals surface area contributed by atoms with Gasteiger partial charge in [0.25, 0.3) is 0 Å². The summed E-state index contributed by atoms with van der Waals surface area (Å²) < 4.78 is 0. The molecule has 1 aliphatic heterocycles. The van der Waals surface area contributed by atoms with Crippen molar-refractivity contribution in [1.29, 1.82) is 0 Å². The van der Waals surface area contributed by atoms with Gasteiger partial charge in [0, 0.05) is 12.4 Å². The highest BCUT2D eigenvalue weighted by Crippen LogP contribution is 2.20. The van der Waals surface area contributed by atoms with Crippen molar-refractivity contribution >= 4 is 35.4 Å². The molecule has 1 rings (SSSR count). The summed E-state index contributed by atoms with van der Waals surface area (Å²) in [7, 11) is 0. The molecular formula is C19H34ClN7O5. The zero-order valence-electron chi connectivity index (χ0n) is 18.6. The average Bonchev–Trinajstić information content (AvgIpc) is 3.23. The molecule has 0 aliphatic carbocycles. The van der Waals surface area contributed by atoms with E-state index in [0.29, 0.717) is 43.8 Å². The number of urea groups is 1. The number of likely N-dealkylation sites (tertiary alicyclic amines) is 1. The van der Waals surface area contributed by atoms with Crippen LogP contribution in [0.25, 0.3) is 0 Å². The quantitative estimate of drug-likeness (QED) is 0.126. The minimum Gasteiger partial charge on any atom is -0.368 e. The van der Waals surface area contributed by atoms with Crippen LogP contribution in [0.5, 0.6) is 0 Å². The third-order valence-corrected chi connectivity index (χ3v) is 5.45. The minimum atomic E-state index is -0.973. The molecule has 0 saturated carbocycles. The average molecular weight is 476 g/mol. The Labute approximate surface area is 192 Å². The van der Waals surface area contributed by atoms with Gasteiger partial charge in [-0.3, -0.25) is 14.4 Å². The van der Waals surface area contributed by atoms with Gasteiger partial charge in [0.2, 0.25) is 17.7 Å². The van der Waals surface area contributed by atoms with Crippen LogP contribution in [-0.2, 0) is 14.4 Å². The Morgan fingerprint density at radius 1 is 1.22 bits per heavy atom. The molecule has 12 nitrogen and oxygen atoms in total. The summed E-state index contributed by atoms with van der Waals surface area (Å²) in [6.07, 6.45) is 2.47. The number of nitrogens with zero attached hydrogens (tertiary/aromatic N) is 3. The Hall–Kier alpha value is -2.47. The Balaban J connectivity index is 2.97. The van der Waals surface area contributed by atoms with Crippen molar-refractivity contribution in [1.82, 2.24) is 20.5 Å². The van der Waals surface area contributed by atoms with E-state index in [9.17, 15) is 24.1 Å². The van der Waals surface area contributed by atoms with Gasteiger partial charge >= 0.3 is 6.03 Å². The van der Waals surface area contributed by atoms with Crippen LogP contribution in [0.3, 0.4) is 0 Å². The zero-order chi connectivity index (χ0) is 24.3. The first-order valence-electron chi connectivity index (χ1n) is 10.7. The molecule has 6 N–H and O–H groups in total. The summed E-state index contributed by atoms with van der Waals surface area (Å²) in [5.74, 6) is -1.80.